The molecular weight excluding hydrogens is 1710 g/mol. The van der Waals surface area contributed by atoms with Crippen LogP contribution in [0, 0.1) is 0 Å². The lowest BCUT2D eigenvalue weighted by Crippen LogP contribution is -2.69. The zero-order valence-corrected chi connectivity index (χ0v) is 65.2. The first kappa shape index (κ1) is 101. The number of carboxylic acids is 1. The topological polar surface area (TPSA) is 908 Å². The number of aliphatic hydroxyl groups excluding tert-OH is 25. The highest BCUT2D eigenvalue weighted by Crippen LogP contribution is 2.47. The maximum atomic E-state index is 13.1. The molecule has 0 aromatic carbocycles. The van der Waals surface area contributed by atoms with Gasteiger partial charge in [0.05, 0.1) is 78.2 Å². The number of hydrogen-bond donors (Lipinski definition) is 31. The summed E-state index contributed by atoms with van der Waals surface area (Å²) in [6.45, 7) is -9.18. The third-order valence-electron chi connectivity index (χ3n) is 21.3. The number of phosphoric acid groups is 2. The molecule has 706 valence electrons. The second-order valence-electron chi connectivity index (χ2n) is 29.6. The lowest BCUT2D eigenvalue weighted by atomic mass is 9.95. The van der Waals surface area contributed by atoms with Crippen LogP contribution in [0.25, 0.3) is 0 Å². The van der Waals surface area contributed by atoms with Crippen molar-refractivity contribution in [2.45, 2.75) is 302 Å². The van der Waals surface area contributed by atoms with Crippen LogP contribution in [0.4, 0.5) is 0 Å². The fourth-order valence-corrected chi connectivity index (χ4v) is 16.0. The average molecular weight is 1820 g/mol. The van der Waals surface area contributed by atoms with Gasteiger partial charge in [-0.1, -0.05) is 0 Å². The van der Waals surface area contributed by atoms with Crippen molar-refractivity contribution in [2.24, 2.45) is 17.2 Å². The molecule has 0 amide bonds. The number of carboxylic acid groups (broad SMARTS) is 1. The molecule has 0 bridgehead atoms. The maximum Gasteiger partial charge on any atom is 0.472 e. The van der Waals surface area contributed by atoms with Crippen LogP contribution < -0.4 is 17.2 Å². The molecular formula is C62H109N3O54P2. The lowest BCUT2D eigenvalue weighted by molar-refractivity contribution is -0.410. The minimum Gasteiger partial charge on any atom is -0.479 e. The van der Waals surface area contributed by atoms with Crippen molar-refractivity contribution >= 4 is 21.6 Å². The molecule has 10 aliphatic rings. The van der Waals surface area contributed by atoms with Gasteiger partial charge in [0.15, 0.2) is 69.0 Å². The fraction of sp³-hybridized carbons (Fsp3) is 0.984. The van der Waals surface area contributed by atoms with E-state index < -0.39 is 382 Å². The third-order valence-corrected chi connectivity index (χ3v) is 23.3. The first-order valence-corrected chi connectivity index (χ1v) is 40.8. The number of hydrogen-bond acceptors (Lipinski definition) is 54. The number of rotatable bonds is 35. The van der Waals surface area contributed by atoms with Crippen molar-refractivity contribution in [3.63, 3.8) is 0 Å². The first-order chi connectivity index (χ1) is 57.1. The second-order valence-corrected chi connectivity index (χ2v) is 32.5. The van der Waals surface area contributed by atoms with Crippen molar-refractivity contribution < 1.29 is 265 Å². The summed E-state index contributed by atoms with van der Waals surface area (Å²) in [6, 6.07) is -1.74. The number of carbonyl (C=O) groups is 1. The summed E-state index contributed by atoms with van der Waals surface area (Å²) in [5.41, 5.74) is 16.7. The Hall–Kier alpha value is -2.19. The fourth-order valence-electron chi connectivity index (χ4n) is 14.5. The Balaban J connectivity index is 0.857. The molecule has 10 rings (SSSR count). The van der Waals surface area contributed by atoms with Gasteiger partial charge in [-0.3, -0.25) is 18.1 Å². The Morgan fingerprint density at radius 2 is 0.686 bits per heavy atom. The Morgan fingerprint density at radius 3 is 1.17 bits per heavy atom. The van der Waals surface area contributed by atoms with Crippen molar-refractivity contribution in [1.82, 2.24) is 0 Å². The van der Waals surface area contributed by atoms with Crippen LogP contribution in [-0.4, -0.2) is 522 Å². The molecule has 10 heterocycles. The van der Waals surface area contributed by atoms with E-state index in [4.69, 9.17) is 125 Å². The number of ether oxygens (including phenoxy) is 19. The summed E-state index contributed by atoms with van der Waals surface area (Å²) in [6.07, 6.45) is -101. The van der Waals surface area contributed by atoms with E-state index in [1.807, 2.05) is 0 Å². The Kier molecular flexibility index (Phi) is 36.5. The second kappa shape index (κ2) is 43.7. The zero-order chi connectivity index (χ0) is 89.0. The number of aliphatic carboxylic acids is 1. The predicted molar refractivity (Wildman–Crippen MR) is 366 cm³/mol. The molecule has 0 radical (unpaired) electrons. The quantitative estimate of drug-likeness (QED) is 0.0262. The first-order valence-electron chi connectivity index (χ1n) is 37.8. The molecule has 50 atom stereocenters. The van der Waals surface area contributed by atoms with Gasteiger partial charge in [-0.25, -0.2) is 13.9 Å². The number of nitrogens with two attached hydrogens (primary N) is 3. The third kappa shape index (κ3) is 23.1. The summed E-state index contributed by atoms with van der Waals surface area (Å²) in [4.78, 5) is 32.5. The molecule has 10 fully saturated rings. The highest BCUT2D eigenvalue weighted by molar-refractivity contribution is 7.47. The Morgan fingerprint density at radius 1 is 0.331 bits per heavy atom. The van der Waals surface area contributed by atoms with Gasteiger partial charge in [0.2, 0.25) is 0 Å². The lowest BCUT2D eigenvalue weighted by Gasteiger charge is -2.51. The van der Waals surface area contributed by atoms with Crippen molar-refractivity contribution in [3.8, 4) is 0 Å². The van der Waals surface area contributed by atoms with Crippen LogP contribution in [0.3, 0.4) is 0 Å². The van der Waals surface area contributed by atoms with Crippen LogP contribution in [-0.2, 0) is 122 Å². The summed E-state index contributed by atoms with van der Waals surface area (Å²) in [7, 11) is -10.1. The Bertz CT molecular complexity index is 3280. The van der Waals surface area contributed by atoms with Gasteiger partial charge in [0.1, 0.15) is 214 Å². The SMILES string of the molecule is C[C@@H]1O[C@@H](O[C@@H]2[C@H](O)[C@@H](O[C@@H]3[C@@H](O[C@@H]4[C@H](O)[C@@H](O[C@@H]5[C@H](O)[C@@H](O[C@H]6[C@H](O)[C@@H](N)[C@@H](O)O[C@@H]6COP(=O)(O)OCCN)O[C@H](CO)[C@H]5O)O[C@H](COP(=O)(O)OCCN)[C@H]4O)O[C@H](CO)[C@@H](O)[C@@H]3O)O[C@H](CO)[C@H]2O[C@@H]2OC[C@@H](O[C@@H]3OC[C@@H](O[C@H]4O[C@H](CO)[C@@H](O)[C@H](O[C@H]5O[C@H](C(=O)O)[C@@H](O)[C@H](O)[C@H]5O)[C@H]4O)[C@H](O)[C@H]3O)[C@H](O)[C@H]2O)[C@H](O)[C@H](O)[C@H]1O. The molecule has 0 aromatic heterocycles. The van der Waals surface area contributed by atoms with E-state index >= 15 is 0 Å². The molecule has 121 heavy (non-hydrogen) atoms. The summed E-state index contributed by atoms with van der Waals surface area (Å²) < 4.78 is 154. The van der Waals surface area contributed by atoms with Crippen LogP contribution in [0.5, 0.6) is 0 Å². The van der Waals surface area contributed by atoms with Crippen molar-refractivity contribution in [1.29, 1.82) is 0 Å². The van der Waals surface area contributed by atoms with E-state index in [1.165, 1.54) is 6.92 Å². The van der Waals surface area contributed by atoms with E-state index in [2.05, 4.69) is 0 Å². The van der Waals surface area contributed by atoms with Gasteiger partial charge in [-0.05, 0) is 6.92 Å². The van der Waals surface area contributed by atoms with E-state index in [9.17, 15) is 156 Å². The molecule has 2 unspecified atom stereocenters. The Labute approximate surface area is 682 Å². The van der Waals surface area contributed by atoms with E-state index in [-0.39, 0.29) is 13.1 Å². The largest absolute Gasteiger partial charge is 0.479 e. The predicted octanol–water partition coefficient (Wildman–Crippen LogP) is -20.2. The average Bonchev–Trinajstić information content (AvgIpc) is 0.764. The highest BCUT2D eigenvalue weighted by atomic mass is 31.2. The molecule has 57 nitrogen and oxygen atoms in total. The molecule has 34 N–H and O–H groups in total. The van der Waals surface area contributed by atoms with Crippen LogP contribution in [0.2, 0.25) is 0 Å². The van der Waals surface area contributed by atoms with Gasteiger partial charge < -0.3 is 250 Å². The molecule has 0 aromatic rings. The maximum absolute atomic E-state index is 13.1. The summed E-state index contributed by atoms with van der Waals surface area (Å²) >= 11 is 0. The smallest absolute Gasteiger partial charge is 0.472 e. The standard InChI is InChI=1S/C62H109N3O54P2/c1-14-24(70)32(78)38(84)56(103-14)117-49-43(89)61(108-18(9-69)45(49)113-55-37(83)26(72)19(10-98-55)109-54-36(82)27(73)20(11-97-54)110-58-40(86)46(28(74)16(7-67)105-58)114-57-39(85)33(79)35(81)50(118-57)52(90)91)119-51-34(80)25(71)15(6-66)107-62(51)116-48-30(76)21(12-101-120(93,94)99-4-2-63)111-60(42(48)88)115-47-29(75)17(8-68)106-59(41(47)87)112-44-22(104-53(92)23(65)31(44)77)13-102-121(95,96)100-5-3-64/h14-51,53-62,66-89,92H,2-13,63-65H2,1H3,(H,90,91)(H,93,94)(H,95,96)/t14-,15+,16+,17+,18+,19+,20+,21+,22+,23+,24-,25+,26-,27-,28+,29+,30+,31+,32+,33-,34-,35-,36+,37+,38+,39+,40+,41-,42-,43-,44+,45+,46-,47-,48-,49+,50-,51-,53-,54-,55-,56-,57-,58+,59+,60+,61+,62+/m0/s1. The van der Waals surface area contributed by atoms with Gasteiger partial charge in [-0.15, -0.1) is 0 Å². The van der Waals surface area contributed by atoms with Crippen LogP contribution in [0.1, 0.15) is 6.92 Å². The van der Waals surface area contributed by atoms with Crippen molar-refractivity contribution in [3.05, 3.63) is 0 Å². The monoisotopic (exact) mass is 1820 g/mol. The van der Waals surface area contributed by atoms with Crippen molar-refractivity contribution in [2.75, 3.05) is 79.2 Å². The zero-order valence-electron chi connectivity index (χ0n) is 63.5. The van der Waals surface area contributed by atoms with Crippen LogP contribution >= 0.6 is 15.6 Å². The number of phosphoric ester groups is 2. The van der Waals surface area contributed by atoms with E-state index in [0.717, 1.165) is 0 Å². The van der Waals surface area contributed by atoms with E-state index in [0.29, 0.717) is 0 Å². The molecule has 0 aliphatic carbocycles. The normalized spacial score (nSPS) is 50.1. The van der Waals surface area contributed by atoms with Gasteiger partial charge in [0.25, 0.3) is 0 Å². The van der Waals surface area contributed by atoms with Gasteiger partial charge in [0, 0.05) is 13.1 Å². The molecule has 0 spiro atoms. The number of aliphatic hydroxyl groups is 25. The van der Waals surface area contributed by atoms with Gasteiger partial charge in [-0.2, -0.15) is 0 Å². The van der Waals surface area contributed by atoms with Crippen LogP contribution in [0.15, 0.2) is 0 Å². The molecule has 10 aliphatic heterocycles. The van der Waals surface area contributed by atoms with E-state index in [1.54, 1.807) is 0 Å². The summed E-state index contributed by atoms with van der Waals surface area (Å²) in [5.74, 6) is -1.82. The molecule has 0 saturated carbocycles. The summed E-state index contributed by atoms with van der Waals surface area (Å²) in [5, 5.41) is 289. The minimum atomic E-state index is -5.19. The molecule has 59 heteroatoms. The van der Waals surface area contributed by atoms with Gasteiger partial charge >= 0.3 is 21.6 Å². The minimum absolute atomic E-state index is 0.253. The highest BCUT2D eigenvalue weighted by Gasteiger charge is 2.62. The molecule has 10 saturated heterocycles.